The SMILES string of the molecule is COc1nc2c(N)nc(OCCC3CC3)nc2n1CCCC1CCCCO1. The Bertz CT molecular complexity index is 768. The zero-order valence-corrected chi connectivity index (χ0v) is 16.0. The third-order valence-electron chi connectivity index (χ3n) is 5.38. The van der Waals surface area contributed by atoms with Gasteiger partial charge in [0.2, 0.25) is 0 Å². The number of aryl methyl sites for hydroxylation is 1. The Hall–Kier alpha value is -2.09. The lowest BCUT2D eigenvalue weighted by Crippen LogP contribution is -2.19. The fourth-order valence-electron chi connectivity index (χ4n) is 3.64. The van der Waals surface area contributed by atoms with Gasteiger partial charge in [-0.05, 0) is 44.4 Å². The summed E-state index contributed by atoms with van der Waals surface area (Å²) in [6, 6.07) is 0.825. The fraction of sp³-hybridized carbons (Fsp3) is 0.737. The Morgan fingerprint density at radius 2 is 2.04 bits per heavy atom. The van der Waals surface area contributed by atoms with Gasteiger partial charge in [-0.1, -0.05) is 12.8 Å². The second kappa shape index (κ2) is 8.29. The molecule has 1 unspecified atom stereocenters. The maximum atomic E-state index is 6.10. The van der Waals surface area contributed by atoms with Crippen molar-refractivity contribution in [1.29, 1.82) is 0 Å². The number of rotatable bonds is 9. The lowest BCUT2D eigenvalue weighted by atomic mass is 10.0. The number of hydrogen-bond donors (Lipinski definition) is 1. The van der Waals surface area contributed by atoms with Crippen LogP contribution < -0.4 is 15.2 Å². The molecule has 1 saturated heterocycles. The molecule has 1 aliphatic carbocycles. The summed E-state index contributed by atoms with van der Waals surface area (Å²) >= 11 is 0. The summed E-state index contributed by atoms with van der Waals surface area (Å²) in [7, 11) is 1.61. The molecular formula is C19H29N5O3. The Balaban J connectivity index is 1.47. The highest BCUT2D eigenvalue weighted by Crippen LogP contribution is 2.32. The molecule has 1 saturated carbocycles. The fourth-order valence-corrected chi connectivity index (χ4v) is 3.64. The maximum absolute atomic E-state index is 6.10. The molecule has 0 amide bonds. The van der Waals surface area contributed by atoms with Gasteiger partial charge in [0.05, 0.1) is 19.8 Å². The van der Waals surface area contributed by atoms with E-state index in [1.165, 1.54) is 25.7 Å². The molecule has 2 N–H and O–H groups in total. The normalized spacial score (nSPS) is 20.1. The zero-order chi connectivity index (χ0) is 18.6. The van der Waals surface area contributed by atoms with E-state index in [0.29, 0.717) is 41.7 Å². The van der Waals surface area contributed by atoms with Crippen LogP contribution in [0.2, 0.25) is 0 Å². The third kappa shape index (κ3) is 4.43. The van der Waals surface area contributed by atoms with Crippen LogP contribution in [0.1, 0.15) is 51.4 Å². The number of imidazole rings is 1. The van der Waals surface area contributed by atoms with Gasteiger partial charge in [0.15, 0.2) is 17.0 Å². The Morgan fingerprint density at radius 1 is 1.15 bits per heavy atom. The summed E-state index contributed by atoms with van der Waals surface area (Å²) in [6.45, 7) is 2.25. The van der Waals surface area contributed by atoms with E-state index >= 15 is 0 Å². The Labute approximate surface area is 159 Å². The van der Waals surface area contributed by atoms with Gasteiger partial charge in [-0.2, -0.15) is 15.0 Å². The van der Waals surface area contributed by atoms with Crippen LogP contribution >= 0.6 is 0 Å². The number of methoxy groups -OCH3 is 1. The second-order valence-corrected chi connectivity index (χ2v) is 7.53. The molecule has 27 heavy (non-hydrogen) atoms. The minimum atomic E-state index is 0.320. The highest BCUT2D eigenvalue weighted by Gasteiger charge is 2.22. The molecule has 1 aliphatic heterocycles. The van der Waals surface area contributed by atoms with Crippen LogP contribution in [-0.2, 0) is 11.3 Å². The van der Waals surface area contributed by atoms with Crippen LogP contribution in [0, 0.1) is 5.92 Å². The van der Waals surface area contributed by atoms with E-state index in [9.17, 15) is 0 Å². The monoisotopic (exact) mass is 375 g/mol. The maximum Gasteiger partial charge on any atom is 0.320 e. The number of ether oxygens (including phenoxy) is 3. The van der Waals surface area contributed by atoms with Crippen LogP contribution in [-0.4, -0.2) is 45.9 Å². The van der Waals surface area contributed by atoms with Gasteiger partial charge in [0.25, 0.3) is 6.01 Å². The number of hydrogen-bond acceptors (Lipinski definition) is 7. The number of anilines is 1. The van der Waals surface area contributed by atoms with Gasteiger partial charge in [-0.25, -0.2) is 0 Å². The first-order chi connectivity index (χ1) is 13.2. The first kappa shape index (κ1) is 18.3. The molecule has 3 heterocycles. The molecule has 8 heteroatoms. The van der Waals surface area contributed by atoms with E-state index in [2.05, 4.69) is 15.0 Å². The number of aromatic nitrogens is 4. The molecular weight excluding hydrogens is 346 g/mol. The quantitative estimate of drug-likeness (QED) is 0.719. The molecule has 2 aromatic heterocycles. The minimum absolute atomic E-state index is 0.320. The van der Waals surface area contributed by atoms with Gasteiger partial charge >= 0.3 is 6.01 Å². The minimum Gasteiger partial charge on any atom is -0.468 e. The summed E-state index contributed by atoms with van der Waals surface area (Å²) in [5.74, 6) is 1.13. The molecule has 4 rings (SSSR count). The van der Waals surface area contributed by atoms with E-state index in [1.807, 2.05) is 4.57 Å². The smallest absolute Gasteiger partial charge is 0.320 e. The first-order valence-electron chi connectivity index (χ1n) is 10.1. The number of fused-ring (bicyclic) bond motifs is 1. The van der Waals surface area contributed by atoms with Crippen molar-refractivity contribution in [3.63, 3.8) is 0 Å². The molecule has 2 fully saturated rings. The van der Waals surface area contributed by atoms with Crippen LogP contribution in [0.25, 0.3) is 11.2 Å². The van der Waals surface area contributed by atoms with Crippen LogP contribution in [0.3, 0.4) is 0 Å². The molecule has 0 radical (unpaired) electrons. The molecule has 1 atom stereocenters. The van der Waals surface area contributed by atoms with Crippen LogP contribution in [0.5, 0.6) is 12.0 Å². The summed E-state index contributed by atoms with van der Waals surface area (Å²) < 4.78 is 19.0. The Morgan fingerprint density at radius 3 is 2.78 bits per heavy atom. The molecule has 8 nitrogen and oxygen atoms in total. The predicted octanol–water partition coefficient (Wildman–Crippen LogP) is 2.95. The summed E-state index contributed by atoms with van der Waals surface area (Å²) in [5.41, 5.74) is 7.34. The summed E-state index contributed by atoms with van der Waals surface area (Å²) in [6.07, 6.45) is 9.59. The van der Waals surface area contributed by atoms with E-state index in [-0.39, 0.29) is 0 Å². The predicted molar refractivity (Wildman–Crippen MR) is 102 cm³/mol. The van der Waals surface area contributed by atoms with Gasteiger partial charge in [-0.15, -0.1) is 0 Å². The van der Waals surface area contributed by atoms with Gasteiger partial charge in [0, 0.05) is 13.2 Å². The third-order valence-corrected chi connectivity index (χ3v) is 5.38. The van der Waals surface area contributed by atoms with Crippen LogP contribution in [0.15, 0.2) is 0 Å². The topological polar surface area (TPSA) is 97.3 Å². The Kier molecular flexibility index (Phi) is 5.61. The standard InChI is InChI=1S/C19H29N5O3/c1-25-19-21-15-16(20)22-18(27-12-9-13-7-8-13)23-17(15)24(19)10-4-6-14-5-2-3-11-26-14/h13-14H,2-12H2,1H3,(H2,20,22,23). The van der Waals surface area contributed by atoms with Crippen molar-refractivity contribution < 1.29 is 14.2 Å². The molecule has 2 aliphatic rings. The number of nitrogens with two attached hydrogens (primary N) is 1. The van der Waals surface area contributed by atoms with Gasteiger partial charge < -0.3 is 19.9 Å². The van der Waals surface area contributed by atoms with Crippen molar-refractivity contribution in [2.45, 2.75) is 64.0 Å². The highest BCUT2D eigenvalue weighted by atomic mass is 16.5. The molecule has 0 bridgehead atoms. The van der Waals surface area contributed by atoms with Crippen molar-refractivity contribution in [3.05, 3.63) is 0 Å². The summed E-state index contributed by atoms with van der Waals surface area (Å²) in [5, 5.41) is 0. The lowest BCUT2D eigenvalue weighted by Gasteiger charge is -2.22. The van der Waals surface area contributed by atoms with Crippen molar-refractivity contribution in [2.75, 3.05) is 26.1 Å². The summed E-state index contributed by atoms with van der Waals surface area (Å²) in [4.78, 5) is 13.3. The van der Waals surface area contributed by atoms with Crippen molar-refractivity contribution in [2.24, 2.45) is 5.92 Å². The molecule has 0 spiro atoms. The highest BCUT2D eigenvalue weighted by molar-refractivity contribution is 5.83. The zero-order valence-electron chi connectivity index (χ0n) is 16.0. The average Bonchev–Trinajstić information content (AvgIpc) is 3.43. The van der Waals surface area contributed by atoms with E-state index in [1.54, 1.807) is 7.11 Å². The first-order valence-corrected chi connectivity index (χ1v) is 10.1. The van der Waals surface area contributed by atoms with Crippen molar-refractivity contribution >= 4 is 17.0 Å². The van der Waals surface area contributed by atoms with E-state index in [4.69, 9.17) is 19.9 Å². The average molecular weight is 375 g/mol. The molecule has 2 aromatic rings. The van der Waals surface area contributed by atoms with Gasteiger partial charge in [0.1, 0.15) is 0 Å². The molecule has 0 aromatic carbocycles. The second-order valence-electron chi connectivity index (χ2n) is 7.53. The molecule has 148 valence electrons. The number of nitrogens with zero attached hydrogens (tertiary/aromatic N) is 4. The van der Waals surface area contributed by atoms with Crippen LogP contribution in [0.4, 0.5) is 5.82 Å². The largest absolute Gasteiger partial charge is 0.468 e. The van der Waals surface area contributed by atoms with Crippen molar-refractivity contribution in [3.8, 4) is 12.0 Å². The van der Waals surface area contributed by atoms with E-state index < -0.39 is 0 Å². The van der Waals surface area contributed by atoms with Crippen molar-refractivity contribution in [1.82, 2.24) is 19.5 Å². The van der Waals surface area contributed by atoms with E-state index in [0.717, 1.165) is 44.8 Å². The number of nitrogen functional groups attached to an aromatic ring is 1. The van der Waals surface area contributed by atoms with Gasteiger partial charge in [-0.3, -0.25) is 4.57 Å². The lowest BCUT2D eigenvalue weighted by molar-refractivity contribution is 0.00948.